The van der Waals surface area contributed by atoms with Gasteiger partial charge in [-0.2, -0.15) is 5.10 Å². The van der Waals surface area contributed by atoms with Crippen molar-refractivity contribution in [1.82, 2.24) is 26.0 Å². The first kappa shape index (κ1) is 25.9. The van der Waals surface area contributed by atoms with E-state index in [-0.39, 0.29) is 12.3 Å². The summed E-state index contributed by atoms with van der Waals surface area (Å²) in [4.78, 5) is 29.9. The number of ether oxygens (including phenoxy) is 1. The van der Waals surface area contributed by atoms with E-state index in [9.17, 15) is 9.59 Å². The number of nitrogens with one attached hydrogen (secondary N) is 3. The molecule has 0 radical (unpaired) electrons. The molecule has 2 aromatic heterocycles. The topological polar surface area (TPSA) is 129 Å². The average molecular weight is 518 g/mol. The van der Waals surface area contributed by atoms with E-state index >= 15 is 0 Å². The Hall–Kier alpha value is -4.15. The van der Waals surface area contributed by atoms with Crippen molar-refractivity contribution >= 4 is 46.6 Å². The SMILES string of the molecule is CNC(=O)c1c(OCCCCC(=O)NO)cccc1Sc1ccc2c(/C=C/c3ccccn3)n[nH]c2c1. The Balaban J connectivity index is 1.50. The summed E-state index contributed by atoms with van der Waals surface area (Å²) in [5.74, 6) is -0.210. The van der Waals surface area contributed by atoms with Crippen molar-refractivity contribution in [2.45, 2.75) is 29.1 Å². The molecule has 0 spiro atoms. The number of carbonyl (C=O) groups is 2. The summed E-state index contributed by atoms with van der Waals surface area (Å²) < 4.78 is 5.89. The summed E-state index contributed by atoms with van der Waals surface area (Å²) in [5, 5.41) is 19.8. The number of aromatic nitrogens is 3. The number of hydrogen-bond donors (Lipinski definition) is 4. The second kappa shape index (κ2) is 12.7. The molecule has 0 atom stereocenters. The summed E-state index contributed by atoms with van der Waals surface area (Å²) >= 11 is 1.46. The van der Waals surface area contributed by atoms with Gasteiger partial charge >= 0.3 is 0 Å². The highest BCUT2D eigenvalue weighted by Gasteiger charge is 2.18. The molecule has 0 aliphatic heterocycles. The van der Waals surface area contributed by atoms with Crippen molar-refractivity contribution in [3.63, 3.8) is 0 Å². The van der Waals surface area contributed by atoms with Crippen LogP contribution in [0.4, 0.5) is 0 Å². The predicted octanol–water partition coefficient (Wildman–Crippen LogP) is 4.69. The van der Waals surface area contributed by atoms with Gasteiger partial charge in [-0.3, -0.25) is 24.9 Å². The van der Waals surface area contributed by atoms with E-state index in [0.29, 0.717) is 30.8 Å². The zero-order chi connectivity index (χ0) is 26.0. The van der Waals surface area contributed by atoms with Gasteiger partial charge < -0.3 is 10.1 Å². The van der Waals surface area contributed by atoms with Crippen LogP contribution < -0.4 is 15.5 Å². The Labute approximate surface area is 218 Å². The Morgan fingerprint density at radius 1 is 1.11 bits per heavy atom. The molecule has 0 unspecified atom stereocenters. The van der Waals surface area contributed by atoms with E-state index in [4.69, 9.17) is 9.94 Å². The van der Waals surface area contributed by atoms with Crippen molar-refractivity contribution in [1.29, 1.82) is 0 Å². The van der Waals surface area contributed by atoms with E-state index in [2.05, 4.69) is 20.5 Å². The smallest absolute Gasteiger partial charge is 0.255 e. The lowest BCUT2D eigenvalue weighted by Gasteiger charge is -2.14. The number of amides is 2. The maximum absolute atomic E-state index is 12.8. The van der Waals surface area contributed by atoms with Crippen molar-refractivity contribution in [3.8, 4) is 5.75 Å². The second-order valence-corrected chi connectivity index (χ2v) is 9.17. The molecule has 0 saturated heterocycles. The first-order chi connectivity index (χ1) is 18.1. The molecule has 10 heteroatoms. The first-order valence-corrected chi connectivity index (χ1v) is 12.6. The van der Waals surface area contributed by atoms with Gasteiger partial charge in [0.25, 0.3) is 5.91 Å². The van der Waals surface area contributed by atoms with Crippen LogP contribution in [0.5, 0.6) is 5.75 Å². The lowest BCUT2D eigenvalue weighted by Crippen LogP contribution is -2.20. The molecule has 4 rings (SSSR count). The third-order valence-corrected chi connectivity index (χ3v) is 6.56. The van der Waals surface area contributed by atoms with E-state index < -0.39 is 5.91 Å². The van der Waals surface area contributed by atoms with Gasteiger partial charge in [0.2, 0.25) is 5.91 Å². The van der Waals surface area contributed by atoms with Crippen molar-refractivity contribution in [2.24, 2.45) is 0 Å². The van der Waals surface area contributed by atoms with E-state index in [1.165, 1.54) is 11.8 Å². The highest BCUT2D eigenvalue weighted by Crippen LogP contribution is 2.36. The number of fused-ring (bicyclic) bond motifs is 1. The minimum atomic E-state index is -0.435. The lowest BCUT2D eigenvalue weighted by atomic mass is 10.2. The van der Waals surface area contributed by atoms with Gasteiger partial charge in [0.1, 0.15) is 5.75 Å². The molecule has 2 aromatic carbocycles. The van der Waals surface area contributed by atoms with Gasteiger partial charge in [0, 0.05) is 34.8 Å². The fourth-order valence-electron chi connectivity index (χ4n) is 3.67. The monoisotopic (exact) mass is 517 g/mol. The number of unbranched alkanes of at least 4 members (excludes halogenated alkanes) is 1. The maximum atomic E-state index is 12.8. The Bertz CT molecular complexity index is 1400. The number of rotatable bonds is 11. The first-order valence-electron chi connectivity index (χ1n) is 11.7. The number of pyridine rings is 1. The number of benzene rings is 2. The molecule has 190 valence electrons. The lowest BCUT2D eigenvalue weighted by molar-refractivity contribution is -0.129. The van der Waals surface area contributed by atoms with Crippen LogP contribution in [0.15, 0.2) is 70.6 Å². The van der Waals surface area contributed by atoms with Crippen molar-refractivity contribution < 1.29 is 19.5 Å². The summed E-state index contributed by atoms with van der Waals surface area (Å²) in [6.45, 7) is 0.339. The molecule has 0 aliphatic carbocycles. The number of hydroxylamine groups is 1. The summed E-state index contributed by atoms with van der Waals surface area (Å²) in [6.07, 6.45) is 6.95. The van der Waals surface area contributed by atoms with Gasteiger partial charge in [0.15, 0.2) is 0 Å². The molecule has 0 saturated carbocycles. The molecule has 4 aromatic rings. The minimum absolute atomic E-state index is 0.203. The molecule has 0 bridgehead atoms. The second-order valence-electron chi connectivity index (χ2n) is 8.06. The number of nitrogens with zero attached hydrogens (tertiary/aromatic N) is 2. The Kier molecular flexibility index (Phi) is 8.90. The molecule has 0 aliphatic rings. The normalized spacial score (nSPS) is 11.1. The van der Waals surface area contributed by atoms with Gasteiger partial charge in [-0.25, -0.2) is 5.48 Å². The highest BCUT2D eigenvalue weighted by molar-refractivity contribution is 7.99. The van der Waals surface area contributed by atoms with Gasteiger partial charge in [-0.15, -0.1) is 0 Å². The van der Waals surface area contributed by atoms with Crippen LogP contribution in [0.3, 0.4) is 0 Å². The van der Waals surface area contributed by atoms with Crippen molar-refractivity contribution in [3.05, 3.63) is 77.7 Å². The van der Waals surface area contributed by atoms with Crippen LogP contribution >= 0.6 is 11.8 Å². The molecule has 0 fully saturated rings. The maximum Gasteiger partial charge on any atom is 0.255 e. The van der Waals surface area contributed by atoms with Gasteiger partial charge in [0.05, 0.1) is 29.1 Å². The molecule has 9 nitrogen and oxygen atoms in total. The molecule has 2 heterocycles. The summed E-state index contributed by atoms with van der Waals surface area (Å²) in [7, 11) is 1.58. The van der Waals surface area contributed by atoms with Crippen LogP contribution in [-0.4, -0.2) is 45.9 Å². The predicted molar refractivity (Wildman–Crippen MR) is 142 cm³/mol. The fraction of sp³-hybridized carbons (Fsp3) is 0.185. The van der Waals surface area contributed by atoms with Crippen LogP contribution in [-0.2, 0) is 4.79 Å². The Morgan fingerprint density at radius 3 is 2.78 bits per heavy atom. The van der Waals surface area contributed by atoms with Gasteiger partial charge in [-0.1, -0.05) is 23.9 Å². The Morgan fingerprint density at radius 2 is 2.00 bits per heavy atom. The fourth-order valence-corrected chi connectivity index (χ4v) is 4.68. The van der Waals surface area contributed by atoms with Crippen LogP contribution in [0.2, 0.25) is 0 Å². The van der Waals surface area contributed by atoms with Crippen LogP contribution in [0.25, 0.3) is 23.1 Å². The van der Waals surface area contributed by atoms with Crippen molar-refractivity contribution in [2.75, 3.05) is 13.7 Å². The van der Waals surface area contributed by atoms with E-state index in [1.54, 1.807) is 24.8 Å². The molecule has 37 heavy (non-hydrogen) atoms. The highest BCUT2D eigenvalue weighted by atomic mass is 32.2. The summed E-state index contributed by atoms with van der Waals surface area (Å²) in [6, 6.07) is 17.2. The molecular formula is C27H27N5O4S. The van der Waals surface area contributed by atoms with Crippen LogP contribution in [0, 0.1) is 0 Å². The number of H-pyrrole nitrogens is 1. The quantitative estimate of drug-likeness (QED) is 0.129. The van der Waals surface area contributed by atoms with E-state index in [0.717, 1.165) is 32.1 Å². The standard InChI is InChI=1S/C27H27N5O4S/c1-28-27(34)26-23(36-16-5-3-10-25(33)32-35)8-6-9-24(26)37-19-12-13-20-21(30-31-22(20)17-19)14-11-18-7-2-4-15-29-18/h2,4,6-9,11-15,17,35H,3,5,10,16H2,1H3,(H,28,34)(H,30,31)(H,32,33)/b14-11+. The zero-order valence-electron chi connectivity index (χ0n) is 20.2. The number of aromatic amines is 1. The van der Waals surface area contributed by atoms with Crippen LogP contribution in [0.1, 0.15) is 41.0 Å². The number of carbonyl (C=O) groups excluding carboxylic acids is 2. The largest absolute Gasteiger partial charge is 0.493 e. The molecule has 2 amide bonds. The number of hydrogen-bond acceptors (Lipinski definition) is 7. The zero-order valence-corrected chi connectivity index (χ0v) is 21.0. The average Bonchev–Trinajstić information content (AvgIpc) is 3.34. The third kappa shape index (κ3) is 6.75. The van der Waals surface area contributed by atoms with Gasteiger partial charge in [-0.05, 0) is 67.5 Å². The third-order valence-electron chi connectivity index (χ3n) is 5.51. The summed E-state index contributed by atoms with van der Waals surface area (Å²) in [5.41, 5.74) is 4.61. The minimum Gasteiger partial charge on any atom is -0.493 e. The van der Waals surface area contributed by atoms with E-state index in [1.807, 2.05) is 60.7 Å². The molecular weight excluding hydrogens is 490 g/mol. The molecule has 4 N–H and O–H groups in total.